The monoisotopic (exact) mass is 365 g/mol. The first-order valence-corrected chi connectivity index (χ1v) is 8.36. The smallest absolute Gasteiger partial charge is 0.269 e. The van der Waals surface area contributed by atoms with Crippen molar-refractivity contribution in [2.75, 3.05) is 12.5 Å². The fourth-order valence-corrected chi connectivity index (χ4v) is 2.58. The lowest BCUT2D eigenvalue weighted by Gasteiger charge is -2.14. The Morgan fingerprint density at radius 3 is 2.67 bits per heavy atom. The summed E-state index contributed by atoms with van der Waals surface area (Å²) in [7, 11) is 1.46. The average molecular weight is 365 g/mol. The summed E-state index contributed by atoms with van der Waals surface area (Å²) in [6, 6.07) is 13.9. The van der Waals surface area contributed by atoms with Gasteiger partial charge in [-0.3, -0.25) is 25.0 Å². The number of hydrogen-bond donors (Lipinski definition) is 2. The van der Waals surface area contributed by atoms with E-state index in [9.17, 15) is 9.59 Å². The normalized spacial score (nSPS) is 10.9. The minimum absolute atomic E-state index is 0.165. The first-order chi connectivity index (χ1) is 13.1. The molecule has 0 saturated heterocycles. The highest BCUT2D eigenvalue weighted by Crippen LogP contribution is 2.10. The third-order valence-electron chi connectivity index (χ3n) is 3.95. The minimum atomic E-state index is -0.352. The van der Waals surface area contributed by atoms with Crippen molar-refractivity contribution in [1.82, 2.24) is 15.0 Å². The maximum Gasteiger partial charge on any atom is 0.269 e. The third kappa shape index (κ3) is 3.95. The molecule has 2 N–H and O–H groups in total. The van der Waals surface area contributed by atoms with Crippen LogP contribution in [0.25, 0.3) is 10.9 Å². The molecule has 3 rings (SSSR count). The molecule has 0 saturated carbocycles. The van der Waals surface area contributed by atoms with Gasteiger partial charge in [-0.2, -0.15) is 0 Å². The quantitative estimate of drug-likeness (QED) is 0.515. The first-order valence-electron chi connectivity index (χ1n) is 8.36. The third-order valence-corrected chi connectivity index (χ3v) is 3.95. The van der Waals surface area contributed by atoms with Crippen molar-refractivity contribution >= 4 is 29.0 Å². The summed E-state index contributed by atoms with van der Waals surface area (Å²) >= 11 is 0. The molecular formula is C19H19N5O3. The predicted molar refractivity (Wildman–Crippen MR) is 104 cm³/mol. The van der Waals surface area contributed by atoms with E-state index in [0.29, 0.717) is 23.0 Å². The molecule has 2 aromatic carbocycles. The van der Waals surface area contributed by atoms with Crippen LogP contribution in [-0.4, -0.2) is 28.8 Å². The topological polar surface area (TPSA) is 97.6 Å². The number of nitrogens with one attached hydrogen (secondary N) is 2. The summed E-state index contributed by atoms with van der Waals surface area (Å²) in [6.45, 7) is 2.26. The van der Waals surface area contributed by atoms with Crippen LogP contribution in [0.3, 0.4) is 0 Å². The Hall–Kier alpha value is -3.68. The molecule has 0 unspecified atom stereocenters. The second kappa shape index (κ2) is 8.13. The number of amides is 1. The van der Waals surface area contributed by atoms with E-state index in [4.69, 9.17) is 0 Å². The van der Waals surface area contributed by atoms with Crippen molar-refractivity contribution < 1.29 is 9.63 Å². The van der Waals surface area contributed by atoms with Crippen LogP contribution in [-0.2, 0) is 11.4 Å². The van der Waals surface area contributed by atoms with E-state index >= 15 is 0 Å². The van der Waals surface area contributed by atoms with E-state index in [-0.39, 0.29) is 17.4 Å². The number of nitrogens with zero attached hydrogens (tertiary/aromatic N) is 3. The van der Waals surface area contributed by atoms with Gasteiger partial charge in [0.15, 0.2) is 0 Å². The van der Waals surface area contributed by atoms with Crippen LogP contribution in [0.5, 0.6) is 0 Å². The van der Waals surface area contributed by atoms with Crippen LogP contribution >= 0.6 is 0 Å². The van der Waals surface area contributed by atoms with Gasteiger partial charge in [-0.05, 0) is 36.8 Å². The first kappa shape index (κ1) is 18.1. The number of para-hydroxylation sites is 1. The summed E-state index contributed by atoms with van der Waals surface area (Å²) in [6.07, 6.45) is 1.54. The van der Waals surface area contributed by atoms with Gasteiger partial charge in [-0.25, -0.2) is 4.98 Å². The summed E-state index contributed by atoms with van der Waals surface area (Å²) in [5.74, 6) is -0.0753. The lowest BCUT2D eigenvalue weighted by molar-refractivity contribution is 0.0962. The van der Waals surface area contributed by atoms with E-state index in [1.807, 2.05) is 13.0 Å². The number of anilines is 1. The number of hydrazine groups is 1. The standard InChI is InChI=1S/C19H19N5O3/c1-3-24-18(26)15-6-4-5-7-16(15)21-19(24)23-22-17(25)14-10-8-13(9-11-14)12-20-27-2/h4-12H,3H2,1-2H3,(H,21,23)(H,22,25)/b20-12+. The van der Waals surface area contributed by atoms with Gasteiger partial charge in [0.05, 0.1) is 17.1 Å². The molecule has 138 valence electrons. The number of carbonyl (C=O) groups is 1. The van der Waals surface area contributed by atoms with Crippen molar-refractivity contribution in [3.63, 3.8) is 0 Å². The van der Waals surface area contributed by atoms with Gasteiger partial charge in [0.25, 0.3) is 11.5 Å². The molecule has 0 aliphatic rings. The van der Waals surface area contributed by atoms with Crippen LogP contribution in [0.4, 0.5) is 5.95 Å². The molecule has 0 aliphatic carbocycles. The van der Waals surface area contributed by atoms with Gasteiger partial charge in [0, 0.05) is 12.1 Å². The second-order valence-corrected chi connectivity index (χ2v) is 5.62. The van der Waals surface area contributed by atoms with Crippen molar-refractivity contribution in [3.8, 4) is 0 Å². The zero-order valence-electron chi connectivity index (χ0n) is 15.0. The maximum atomic E-state index is 12.6. The molecule has 0 spiro atoms. The number of oxime groups is 1. The molecule has 1 heterocycles. The summed E-state index contributed by atoms with van der Waals surface area (Å²) in [4.78, 5) is 34.0. The molecule has 8 nitrogen and oxygen atoms in total. The molecule has 0 fully saturated rings. The van der Waals surface area contributed by atoms with E-state index in [0.717, 1.165) is 5.56 Å². The highest BCUT2D eigenvalue weighted by Gasteiger charge is 2.11. The fraction of sp³-hybridized carbons (Fsp3) is 0.158. The minimum Gasteiger partial charge on any atom is -0.399 e. The number of carbonyl (C=O) groups excluding carboxylic acids is 1. The Morgan fingerprint density at radius 1 is 1.22 bits per heavy atom. The lowest BCUT2D eigenvalue weighted by atomic mass is 10.1. The Morgan fingerprint density at radius 2 is 1.96 bits per heavy atom. The fourth-order valence-electron chi connectivity index (χ4n) is 2.58. The lowest BCUT2D eigenvalue weighted by Crippen LogP contribution is -2.34. The zero-order chi connectivity index (χ0) is 19.2. The average Bonchev–Trinajstić information content (AvgIpc) is 2.71. The zero-order valence-corrected chi connectivity index (χ0v) is 15.0. The molecule has 8 heteroatoms. The van der Waals surface area contributed by atoms with Crippen LogP contribution in [0, 0.1) is 0 Å². The Bertz CT molecular complexity index is 1040. The van der Waals surface area contributed by atoms with Gasteiger partial charge >= 0.3 is 0 Å². The van der Waals surface area contributed by atoms with Crippen LogP contribution < -0.4 is 16.4 Å². The van der Waals surface area contributed by atoms with Crippen LogP contribution in [0.2, 0.25) is 0 Å². The van der Waals surface area contributed by atoms with Gasteiger partial charge < -0.3 is 4.84 Å². The Balaban J connectivity index is 1.79. The predicted octanol–water partition coefficient (Wildman–Crippen LogP) is 2.15. The highest BCUT2D eigenvalue weighted by molar-refractivity contribution is 5.95. The molecule has 0 bridgehead atoms. The van der Waals surface area contributed by atoms with E-state index in [1.165, 1.54) is 11.7 Å². The molecule has 3 aromatic rings. The van der Waals surface area contributed by atoms with Crippen molar-refractivity contribution in [2.24, 2.45) is 5.16 Å². The Kier molecular flexibility index (Phi) is 5.46. The van der Waals surface area contributed by atoms with Gasteiger partial charge in [-0.15, -0.1) is 0 Å². The largest absolute Gasteiger partial charge is 0.399 e. The number of aromatic nitrogens is 2. The highest BCUT2D eigenvalue weighted by atomic mass is 16.6. The number of fused-ring (bicyclic) bond motifs is 1. The molecular weight excluding hydrogens is 346 g/mol. The summed E-state index contributed by atoms with van der Waals surface area (Å²) in [5, 5.41) is 4.20. The van der Waals surface area contributed by atoms with E-state index in [2.05, 4.69) is 25.8 Å². The van der Waals surface area contributed by atoms with E-state index < -0.39 is 0 Å². The van der Waals surface area contributed by atoms with Crippen molar-refractivity contribution in [2.45, 2.75) is 13.5 Å². The molecule has 1 aromatic heterocycles. The number of benzene rings is 2. The van der Waals surface area contributed by atoms with Crippen molar-refractivity contribution in [1.29, 1.82) is 0 Å². The van der Waals surface area contributed by atoms with Crippen LogP contribution in [0.15, 0.2) is 58.5 Å². The molecule has 0 atom stereocenters. The van der Waals surface area contributed by atoms with Gasteiger partial charge in [-0.1, -0.05) is 29.4 Å². The second-order valence-electron chi connectivity index (χ2n) is 5.62. The van der Waals surface area contributed by atoms with Crippen molar-refractivity contribution in [3.05, 3.63) is 70.0 Å². The van der Waals surface area contributed by atoms with E-state index in [1.54, 1.807) is 48.7 Å². The SMILES string of the molecule is CCn1c(NNC(=O)c2ccc(/C=N/OC)cc2)nc2ccccc2c1=O. The molecule has 27 heavy (non-hydrogen) atoms. The van der Waals surface area contributed by atoms with Gasteiger partial charge in [0.2, 0.25) is 5.95 Å². The molecule has 0 aliphatic heterocycles. The summed E-state index contributed by atoms with van der Waals surface area (Å²) < 4.78 is 1.47. The molecule has 1 amide bonds. The van der Waals surface area contributed by atoms with Crippen LogP contribution in [0.1, 0.15) is 22.8 Å². The summed E-state index contributed by atoms with van der Waals surface area (Å²) in [5.41, 5.74) is 6.97. The van der Waals surface area contributed by atoms with Gasteiger partial charge in [0.1, 0.15) is 7.11 Å². The number of hydrogen-bond acceptors (Lipinski definition) is 6. The Labute approximate surface area is 155 Å². The number of rotatable bonds is 6. The molecule has 0 radical (unpaired) electrons. The maximum absolute atomic E-state index is 12.6.